The van der Waals surface area contributed by atoms with Gasteiger partial charge in [-0.05, 0) is 93.9 Å². The molecule has 0 fully saturated rings. The van der Waals surface area contributed by atoms with Crippen LogP contribution in [0.15, 0.2) is 138 Å². The van der Waals surface area contributed by atoms with Crippen LogP contribution in [0, 0.1) is 6.92 Å². The van der Waals surface area contributed by atoms with Gasteiger partial charge in [0.15, 0.2) is 0 Å². The highest BCUT2D eigenvalue weighted by molar-refractivity contribution is 7.26. The number of rotatable bonds is 2. The van der Waals surface area contributed by atoms with Gasteiger partial charge in [0.05, 0.1) is 0 Å². The molecule has 0 spiro atoms. The van der Waals surface area contributed by atoms with Crippen LogP contribution in [0.5, 0.6) is 0 Å². The van der Waals surface area contributed by atoms with Crippen LogP contribution < -0.4 is 20.6 Å². The molecule has 272 valence electrons. The lowest BCUT2D eigenvalue weighted by molar-refractivity contribution is 0.590. The lowest BCUT2D eigenvalue weighted by atomic mass is 9.43. The molecule has 0 unspecified atom stereocenters. The second kappa shape index (κ2) is 11.6. The van der Waals surface area contributed by atoms with Crippen molar-refractivity contribution < 1.29 is 4.42 Å². The largest absolute Gasteiger partial charge is 0.456 e. The molecule has 0 saturated heterocycles. The quantitative estimate of drug-likeness (QED) is 0.164. The average Bonchev–Trinajstić information content (AvgIpc) is 3.76. The van der Waals surface area contributed by atoms with Gasteiger partial charge in [0.25, 0.3) is 0 Å². The molecular formula is C51H43BN2OS. The highest BCUT2D eigenvalue weighted by atomic mass is 32.1. The zero-order chi connectivity index (χ0) is 38.2. The average molecular weight is 743 g/mol. The van der Waals surface area contributed by atoms with Crippen LogP contribution in [0.3, 0.4) is 0 Å². The smallest absolute Gasteiger partial charge is 0.333 e. The van der Waals surface area contributed by atoms with Crippen molar-refractivity contribution in [3.05, 3.63) is 150 Å². The van der Waals surface area contributed by atoms with E-state index in [9.17, 15) is 0 Å². The van der Waals surface area contributed by atoms with Crippen molar-refractivity contribution in [2.75, 3.05) is 9.71 Å². The Labute approximate surface area is 332 Å². The number of para-hydroxylation sites is 1. The summed E-state index contributed by atoms with van der Waals surface area (Å²) in [7, 11) is 0. The summed E-state index contributed by atoms with van der Waals surface area (Å²) < 4.78 is 9.47. The summed E-state index contributed by atoms with van der Waals surface area (Å²) in [6, 6.07) is 50.3. The van der Waals surface area contributed by atoms with Crippen molar-refractivity contribution >= 4 is 99.7 Å². The van der Waals surface area contributed by atoms with Gasteiger partial charge in [0.1, 0.15) is 11.2 Å². The Kier molecular flexibility index (Phi) is 6.97. The molecule has 0 radical (unpaired) electrons. The first-order valence-corrected chi connectivity index (χ1v) is 20.6. The van der Waals surface area contributed by atoms with Crippen LogP contribution in [0.25, 0.3) is 53.2 Å². The zero-order valence-corrected chi connectivity index (χ0v) is 33.8. The monoisotopic (exact) mass is 742 g/mol. The van der Waals surface area contributed by atoms with Gasteiger partial charge in [0.2, 0.25) is 0 Å². The van der Waals surface area contributed by atoms with E-state index in [2.05, 4.69) is 192 Å². The predicted octanol–water partition coefficient (Wildman–Crippen LogP) is 13.6. The van der Waals surface area contributed by atoms with Crippen LogP contribution >= 0.6 is 11.3 Å². The number of hydrogen-bond donors (Lipinski definition) is 0. The molecule has 0 N–H and O–H groups in total. The Bertz CT molecular complexity index is 3070. The number of benzene rings is 7. The van der Waals surface area contributed by atoms with E-state index in [4.69, 9.17) is 4.42 Å². The van der Waals surface area contributed by atoms with Crippen LogP contribution in [0.4, 0.5) is 28.4 Å². The third-order valence-corrected chi connectivity index (χ3v) is 13.4. The number of fused-ring (bicyclic) bond motifs is 12. The van der Waals surface area contributed by atoms with Crippen molar-refractivity contribution in [3.8, 4) is 11.1 Å². The second-order valence-electron chi connectivity index (χ2n) is 17.9. The van der Waals surface area contributed by atoms with Crippen LogP contribution in [-0.2, 0) is 10.8 Å². The Hall–Kier alpha value is -5.78. The molecule has 2 aliphatic rings. The first-order valence-electron chi connectivity index (χ1n) is 19.8. The van der Waals surface area contributed by atoms with E-state index in [0.29, 0.717) is 0 Å². The highest BCUT2D eigenvalue weighted by Crippen LogP contribution is 2.54. The van der Waals surface area contributed by atoms with Crippen molar-refractivity contribution in [2.24, 2.45) is 0 Å². The summed E-state index contributed by atoms with van der Waals surface area (Å²) in [4.78, 5) is 5.19. The van der Waals surface area contributed by atoms with Gasteiger partial charge in [-0.15, -0.1) is 11.3 Å². The summed E-state index contributed by atoms with van der Waals surface area (Å²) in [5, 5.41) is 4.95. The normalized spacial score (nSPS) is 13.9. The van der Waals surface area contributed by atoms with E-state index in [1.807, 2.05) is 11.3 Å². The van der Waals surface area contributed by atoms with Crippen molar-refractivity contribution in [1.82, 2.24) is 0 Å². The third-order valence-electron chi connectivity index (χ3n) is 12.2. The molecule has 0 saturated carbocycles. The van der Waals surface area contributed by atoms with Gasteiger partial charge >= 0.3 is 6.85 Å². The topological polar surface area (TPSA) is 19.6 Å². The lowest BCUT2D eigenvalue weighted by Crippen LogP contribution is -2.61. The van der Waals surface area contributed by atoms with E-state index in [-0.39, 0.29) is 17.7 Å². The molecule has 56 heavy (non-hydrogen) atoms. The summed E-state index contributed by atoms with van der Waals surface area (Å²) in [6.07, 6.45) is 0. The molecule has 3 nitrogen and oxygen atoms in total. The van der Waals surface area contributed by atoms with Crippen molar-refractivity contribution in [3.63, 3.8) is 0 Å². The van der Waals surface area contributed by atoms with E-state index in [1.54, 1.807) is 0 Å². The molecule has 0 bridgehead atoms. The maximum atomic E-state index is 6.86. The highest BCUT2D eigenvalue weighted by Gasteiger charge is 2.47. The molecule has 11 rings (SSSR count). The molecular weight excluding hydrogens is 699 g/mol. The molecule has 0 aliphatic carbocycles. The number of aryl methyl sites for hydroxylation is 1. The SMILES string of the molecule is Cc1ccc(N2B3c4cc(C(C)(C)C)ccc4N(c4ccc(C(C)(C)C)cc4)c4cc5oc6ccccc6c5c(c43)-c3ccc4sc5ccccc5c4c32)cc1. The molecule has 9 aromatic rings. The summed E-state index contributed by atoms with van der Waals surface area (Å²) in [5.41, 5.74) is 16.8. The first-order chi connectivity index (χ1) is 27.0. The molecule has 2 aromatic heterocycles. The van der Waals surface area contributed by atoms with Gasteiger partial charge in [0, 0.05) is 71.0 Å². The van der Waals surface area contributed by atoms with Crippen molar-refractivity contribution in [1.29, 1.82) is 0 Å². The van der Waals surface area contributed by atoms with E-state index < -0.39 is 0 Å². The molecule has 4 heterocycles. The molecule has 5 heteroatoms. The Balaban J connectivity index is 1.35. The van der Waals surface area contributed by atoms with Gasteiger partial charge < -0.3 is 14.1 Å². The predicted molar refractivity (Wildman–Crippen MR) is 242 cm³/mol. The maximum Gasteiger partial charge on any atom is 0.333 e. The number of furan rings is 1. The Morgan fingerprint density at radius 2 is 1.25 bits per heavy atom. The fourth-order valence-electron chi connectivity index (χ4n) is 9.38. The third kappa shape index (κ3) is 4.77. The van der Waals surface area contributed by atoms with Crippen LogP contribution in [0.2, 0.25) is 0 Å². The van der Waals surface area contributed by atoms with Gasteiger partial charge in [-0.1, -0.05) is 126 Å². The van der Waals surface area contributed by atoms with Gasteiger partial charge in [-0.3, -0.25) is 0 Å². The zero-order valence-electron chi connectivity index (χ0n) is 33.0. The minimum absolute atomic E-state index is 0.0415. The second-order valence-corrected chi connectivity index (χ2v) is 18.9. The fraction of sp³-hybridized carbons (Fsp3) is 0.176. The van der Waals surface area contributed by atoms with Gasteiger partial charge in [-0.25, -0.2) is 0 Å². The van der Waals surface area contributed by atoms with E-state index >= 15 is 0 Å². The maximum absolute atomic E-state index is 6.86. The Morgan fingerprint density at radius 3 is 2.00 bits per heavy atom. The minimum Gasteiger partial charge on any atom is -0.456 e. The standard InChI is InChI=1S/C51H43BN2OS/c1-30-16-21-34(22-17-30)54-49-37(25-27-44-46(49)36-13-9-11-15-43(36)56-44)47-45-35-12-8-10-14-41(35)55-42(45)29-40-48(47)52(54)38-28-32(51(5,6)7)20-26-39(38)53(40)33-23-18-31(19-24-33)50(2,3)4/h8-29H,1-7H3. The molecule has 7 aromatic carbocycles. The Morgan fingerprint density at radius 1 is 0.571 bits per heavy atom. The number of anilines is 5. The summed E-state index contributed by atoms with van der Waals surface area (Å²) in [5.74, 6) is 0. The fourth-order valence-corrected chi connectivity index (χ4v) is 10.5. The van der Waals surface area contributed by atoms with Crippen LogP contribution in [0.1, 0.15) is 58.2 Å². The van der Waals surface area contributed by atoms with E-state index in [1.165, 1.54) is 81.4 Å². The lowest BCUT2D eigenvalue weighted by Gasteiger charge is -2.46. The van der Waals surface area contributed by atoms with Crippen molar-refractivity contribution in [2.45, 2.75) is 59.3 Å². The number of thiophene rings is 1. The summed E-state index contributed by atoms with van der Waals surface area (Å²) >= 11 is 1.89. The number of hydrogen-bond acceptors (Lipinski definition) is 4. The molecule has 0 atom stereocenters. The number of nitrogens with zero attached hydrogens (tertiary/aromatic N) is 2. The minimum atomic E-state index is -0.111. The molecule has 2 aliphatic heterocycles. The van der Waals surface area contributed by atoms with E-state index in [0.717, 1.165) is 27.9 Å². The van der Waals surface area contributed by atoms with Gasteiger partial charge in [-0.2, -0.15) is 0 Å². The summed E-state index contributed by atoms with van der Waals surface area (Å²) in [6.45, 7) is 15.9. The first kappa shape index (κ1) is 33.6. The van der Waals surface area contributed by atoms with Crippen LogP contribution in [-0.4, -0.2) is 6.85 Å². The molecule has 0 amide bonds.